The van der Waals surface area contributed by atoms with Crippen molar-refractivity contribution in [3.8, 4) is 5.75 Å². The fourth-order valence-electron chi connectivity index (χ4n) is 1.79. The van der Waals surface area contributed by atoms with Crippen molar-refractivity contribution in [2.24, 2.45) is 0 Å². The van der Waals surface area contributed by atoms with Gasteiger partial charge in [-0.15, -0.1) is 0 Å². The average molecular weight is 308 g/mol. The molecule has 1 aromatic carbocycles. The number of aromatic amines is 1. The van der Waals surface area contributed by atoms with Crippen molar-refractivity contribution < 1.29 is 9.53 Å². The maximum absolute atomic E-state index is 11.8. The lowest BCUT2D eigenvalue weighted by Gasteiger charge is -2.08. The molecule has 0 unspecified atom stereocenters. The molecule has 21 heavy (non-hydrogen) atoms. The zero-order valence-corrected chi connectivity index (χ0v) is 13.0. The van der Waals surface area contributed by atoms with E-state index in [1.165, 1.54) is 0 Å². The van der Waals surface area contributed by atoms with E-state index in [4.69, 9.17) is 16.3 Å². The van der Waals surface area contributed by atoms with Crippen LogP contribution in [0.4, 0.5) is 5.82 Å². The Labute approximate surface area is 128 Å². The Hall–Kier alpha value is -2.01. The van der Waals surface area contributed by atoms with Crippen LogP contribution >= 0.6 is 11.6 Å². The molecule has 2 N–H and O–H groups in total. The third-order valence-corrected chi connectivity index (χ3v) is 3.22. The molecule has 0 aliphatic rings. The Kier molecular flexibility index (Phi) is 4.85. The number of hydrogen-bond donors (Lipinski definition) is 2. The standard InChI is InChI=1S/C15H18ClN3O2/c1-9(2)12-7-14(19-18-12)17-15(20)8-21-13-5-4-11(16)6-10(13)3/h4-7,9H,8H2,1-3H3,(H2,17,18,19,20). The lowest BCUT2D eigenvalue weighted by atomic mass is 10.1. The van der Waals surface area contributed by atoms with E-state index < -0.39 is 0 Å². The topological polar surface area (TPSA) is 67.0 Å². The van der Waals surface area contributed by atoms with Crippen molar-refractivity contribution in [3.63, 3.8) is 0 Å². The number of aromatic nitrogens is 2. The second-order valence-corrected chi connectivity index (χ2v) is 5.55. The smallest absolute Gasteiger partial charge is 0.263 e. The molecule has 1 aromatic heterocycles. The first-order valence-electron chi connectivity index (χ1n) is 6.70. The van der Waals surface area contributed by atoms with Crippen LogP contribution in [0.15, 0.2) is 24.3 Å². The Morgan fingerprint density at radius 1 is 1.43 bits per heavy atom. The molecule has 112 valence electrons. The molecule has 1 heterocycles. The summed E-state index contributed by atoms with van der Waals surface area (Å²) in [5, 5.41) is 10.2. The Bertz CT molecular complexity index is 638. The number of nitrogens with one attached hydrogen (secondary N) is 2. The van der Waals surface area contributed by atoms with Crippen molar-refractivity contribution in [1.82, 2.24) is 10.2 Å². The summed E-state index contributed by atoms with van der Waals surface area (Å²) in [5.74, 6) is 1.21. The van der Waals surface area contributed by atoms with E-state index in [1.807, 2.05) is 26.8 Å². The number of ether oxygens (including phenoxy) is 1. The van der Waals surface area contributed by atoms with Gasteiger partial charge >= 0.3 is 0 Å². The predicted molar refractivity (Wildman–Crippen MR) is 83.0 cm³/mol. The fourth-order valence-corrected chi connectivity index (χ4v) is 2.02. The van der Waals surface area contributed by atoms with Crippen LogP contribution in [-0.2, 0) is 4.79 Å². The number of H-pyrrole nitrogens is 1. The molecule has 0 atom stereocenters. The lowest BCUT2D eigenvalue weighted by molar-refractivity contribution is -0.118. The second kappa shape index (κ2) is 6.63. The summed E-state index contributed by atoms with van der Waals surface area (Å²) < 4.78 is 5.47. The summed E-state index contributed by atoms with van der Waals surface area (Å²) in [4.78, 5) is 11.8. The molecule has 0 saturated heterocycles. The summed E-state index contributed by atoms with van der Waals surface area (Å²) in [6.45, 7) is 5.89. The van der Waals surface area contributed by atoms with E-state index in [1.54, 1.807) is 18.2 Å². The monoisotopic (exact) mass is 307 g/mol. The number of benzene rings is 1. The normalized spacial score (nSPS) is 10.7. The number of aryl methyl sites for hydroxylation is 1. The largest absolute Gasteiger partial charge is 0.483 e. The highest BCUT2D eigenvalue weighted by Gasteiger charge is 2.09. The van der Waals surface area contributed by atoms with Gasteiger partial charge in [0, 0.05) is 16.8 Å². The van der Waals surface area contributed by atoms with Crippen LogP contribution < -0.4 is 10.1 Å². The highest BCUT2D eigenvalue weighted by molar-refractivity contribution is 6.30. The molecule has 0 bridgehead atoms. The van der Waals surface area contributed by atoms with Gasteiger partial charge in [0.2, 0.25) is 0 Å². The van der Waals surface area contributed by atoms with Gasteiger partial charge in [0.15, 0.2) is 12.4 Å². The minimum Gasteiger partial charge on any atom is -0.483 e. The van der Waals surface area contributed by atoms with Crippen LogP contribution in [-0.4, -0.2) is 22.7 Å². The van der Waals surface area contributed by atoms with Gasteiger partial charge in [-0.05, 0) is 36.6 Å². The molecule has 0 radical (unpaired) electrons. The zero-order valence-electron chi connectivity index (χ0n) is 12.2. The number of halogens is 1. The summed E-state index contributed by atoms with van der Waals surface area (Å²) in [5.41, 5.74) is 1.86. The Balaban J connectivity index is 1.89. The number of nitrogens with zero attached hydrogens (tertiary/aromatic N) is 1. The van der Waals surface area contributed by atoms with E-state index >= 15 is 0 Å². The van der Waals surface area contributed by atoms with Crippen molar-refractivity contribution in [3.05, 3.63) is 40.5 Å². The minimum absolute atomic E-state index is 0.0770. The van der Waals surface area contributed by atoms with Crippen molar-refractivity contribution in [2.75, 3.05) is 11.9 Å². The fraction of sp³-hybridized carbons (Fsp3) is 0.333. The highest BCUT2D eigenvalue weighted by atomic mass is 35.5. The SMILES string of the molecule is Cc1cc(Cl)ccc1OCC(=O)Nc1cc(C(C)C)[nH]n1. The van der Waals surface area contributed by atoms with Gasteiger partial charge in [0.05, 0.1) is 0 Å². The third kappa shape index (κ3) is 4.23. The molecule has 0 saturated carbocycles. The van der Waals surface area contributed by atoms with Crippen LogP contribution in [0.3, 0.4) is 0 Å². The number of amides is 1. The summed E-state index contributed by atoms with van der Waals surface area (Å²) in [6, 6.07) is 7.08. The summed E-state index contributed by atoms with van der Waals surface area (Å²) in [6.07, 6.45) is 0. The van der Waals surface area contributed by atoms with Gasteiger partial charge in [-0.3, -0.25) is 9.89 Å². The van der Waals surface area contributed by atoms with E-state index in [2.05, 4.69) is 15.5 Å². The molecule has 0 aliphatic heterocycles. The van der Waals surface area contributed by atoms with E-state index in [9.17, 15) is 4.79 Å². The van der Waals surface area contributed by atoms with E-state index in [-0.39, 0.29) is 12.5 Å². The molecular weight excluding hydrogens is 290 g/mol. The van der Waals surface area contributed by atoms with Crippen molar-refractivity contribution in [1.29, 1.82) is 0 Å². The van der Waals surface area contributed by atoms with Crippen molar-refractivity contribution in [2.45, 2.75) is 26.7 Å². The molecule has 0 fully saturated rings. The van der Waals surface area contributed by atoms with Gasteiger partial charge in [0.1, 0.15) is 5.75 Å². The molecule has 1 amide bonds. The molecular formula is C15H18ClN3O2. The Morgan fingerprint density at radius 2 is 2.19 bits per heavy atom. The van der Waals surface area contributed by atoms with Crippen LogP contribution in [0.2, 0.25) is 5.02 Å². The maximum Gasteiger partial charge on any atom is 0.263 e. The lowest BCUT2D eigenvalue weighted by Crippen LogP contribution is -2.20. The number of rotatable bonds is 5. The molecule has 2 aromatic rings. The minimum atomic E-state index is -0.258. The first kappa shape index (κ1) is 15.4. The van der Waals surface area contributed by atoms with Gasteiger partial charge < -0.3 is 10.1 Å². The number of hydrogen-bond acceptors (Lipinski definition) is 3. The van der Waals surface area contributed by atoms with Crippen molar-refractivity contribution >= 4 is 23.3 Å². The first-order valence-corrected chi connectivity index (χ1v) is 7.07. The molecule has 2 rings (SSSR count). The number of anilines is 1. The third-order valence-electron chi connectivity index (χ3n) is 2.98. The summed E-state index contributed by atoms with van der Waals surface area (Å²) >= 11 is 5.87. The first-order chi connectivity index (χ1) is 9.95. The van der Waals surface area contributed by atoms with Gasteiger partial charge in [-0.2, -0.15) is 5.10 Å². The highest BCUT2D eigenvalue weighted by Crippen LogP contribution is 2.21. The average Bonchev–Trinajstić information content (AvgIpc) is 2.86. The molecule has 0 aliphatic carbocycles. The number of carbonyl (C=O) groups excluding carboxylic acids is 1. The van der Waals surface area contributed by atoms with E-state index in [0.717, 1.165) is 11.3 Å². The molecule has 0 spiro atoms. The molecule has 5 nitrogen and oxygen atoms in total. The number of carbonyl (C=O) groups is 1. The van der Waals surface area contributed by atoms with E-state index in [0.29, 0.717) is 22.5 Å². The summed E-state index contributed by atoms with van der Waals surface area (Å²) in [7, 11) is 0. The quantitative estimate of drug-likeness (QED) is 0.888. The van der Waals surface area contributed by atoms with Gasteiger partial charge in [0.25, 0.3) is 5.91 Å². The zero-order chi connectivity index (χ0) is 15.4. The Morgan fingerprint density at radius 3 is 2.81 bits per heavy atom. The predicted octanol–water partition coefficient (Wildman–Crippen LogP) is 3.51. The van der Waals surface area contributed by atoms with Gasteiger partial charge in [-0.25, -0.2) is 0 Å². The van der Waals surface area contributed by atoms with Crippen LogP contribution in [0.5, 0.6) is 5.75 Å². The van der Waals surface area contributed by atoms with Crippen LogP contribution in [0, 0.1) is 6.92 Å². The van der Waals surface area contributed by atoms with Gasteiger partial charge in [-0.1, -0.05) is 25.4 Å². The van der Waals surface area contributed by atoms with Crippen LogP contribution in [0.1, 0.15) is 31.0 Å². The van der Waals surface area contributed by atoms with Crippen LogP contribution in [0.25, 0.3) is 0 Å². The second-order valence-electron chi connectivity index (χ2n) is 5.11. The maximum atomic E-state index is 11.8. The molecule has 6 heteroatoms.